The van der Waals surface area contributed by atoms with Gasteiger partial charge in [-0.15, -0.1) is 0 Å². The number of nitrogens with zero attached hydrogens (tertiary/aromatic N) is 1. The van der Waals surface area contributed by atoms with Gasteiger partial charge in [0.15, 0.2) is 0 Å². The van der Waals surface area contributed by atoms with E-state index in [1.807, 2.05) is 42.5 Å². The van der Waals surface area contributed by atoms with Gasteiger partial charge in [-0.1, -0.05) is 47.7 Å². The standard InChI is InChI=1S/C22H20N2O2S/c1-15-8-10-16(11-9-15)27-22-18(6-4-13-23-22)21(25)24-19-12-14-26-20-7-3-2-5-17(19)20/h2-11,13,19H,12,14H2,1H3,(H,24,25)/t19-/m1/s1. The summed E-state index contributed by atoms with van der Waals surface area (Å²) < 4.78 is 5.69. The molecule has 4 rings (SSSR count). The molecule has 136 valence electrons. The number of benzene rings is 2. The summed E-state index contributed by atoms with van der Waals surface area (Å²) >= 11 is 1.50. The second-order valence-corrected chi connectivity index (χ2v) is 7.53. The number of pyridine rings is 1. The normalized spacial score (nSPS) is 15.5. The van der Waals surface area contributed by atoms with Crippen molar-refractivity contribution in [3.05, 3.63) is 83.6 Å². The van der Waals surface area contributed by atoms with Gasteiger partial charge in [0.25, 0.3) is 5.91 Å². The fraction of sp³-hybridized carbons (Fsp3) is 0.182. The Hall–Kier alpha value is -2.79. The molecule has 5 heteroatoms. The first-order valence-electron chi connectivity index (χ1n) is 8.93. The zero-order valence-corrected chi connectivity index (χ0v) is 15.8. The summed E-state index contributed by atoms with van der Waals surface area (Å²) in [5.74, 6) is 0.730. The molecule has 27 heavy (non-hydrogen) atoms. The second-order valence-electron chi connectivity index (χ2n) is 6.47. The van der Waals surface area contributed by atoms with Crippen LogP contribution in [0, 0.1) is 6.92 Å². The molecule has 1 aliphatic heterocycles. The van der Waals surface area contributed by atoms with Crippen LogP contribution in [0.1, 0.15) is 33.9 Å². The van der Waals surface area contributed by atoms with E-state index >= 15 is 0 Å². The Morgan fingerprint density at radius 3 is 2.78 bits per heavy atom. The van der Waals surface area contributed by atoms with Crippen molar-refractivity contribution < 1.29 is 9.53 Å². The Kier molecular flexibility index (Phi) is 5.12. The highest BCUT2D eigenvalue weighted by Gasteiger charge is 2.24. The smallest absolute Gasteiger partial charge is 0.254 e. The molecule has 1 atom stereocenters. The average molecular weight is 376 g/mol. The van der Waals surface area contributed by atoms with Crippen molar-refractivity contribution in [1.82, 2.24) is 10.3 Å². The van der Waals surface area contributed by atoms with Crippen LogP contribution in [0.25, 0.3) is 0 Å². The van der Waals surface area contributed by atoms with E-state index in [4.69, 9.17) is 4.74 Å². The number of amides is 1. The van der Waals surface area contributed by atoms with E-state index in [9.17, 15) is 4.79 Å². The molecule has 1 aromatic heterocycles. The molecule has 1 aliphatic rings. The molecule has 1 N–H and O–H groups in total. The molecule has 4 nitrogen and oxygen atoms in total. The number of aromatic nitrogens is 1. The van der Waals surface area contributed by atoms with Crippen molar-refractivity contribution in [2.75, 3.05) is 6.61 Å². The zero-order chi connectivity index (χ0) is 18.6. The lowest BCUT2D eigenvalue weighted by Gasteiger charge is -2.26. The van der Waals surface area contributed by atoms with Crippen molar-refractivity contribution in [1.29, 1.82) is 0 Å². The van der Waals surface area contributed by atoms with Gasteiger partial charge in [0.1, 0.15) is 10.8 Å². The Labute approximate surface area is 163 Å². The number of nitrogens with one attached hydrogen (secondary N) is 1. The van der Waals surface area contributed by atoms with Crippen molar-refractivity contribution in [2.24, 2.45) is 0 Å². The molecule has 0 spiro atoms. The summed E-state index contributed by atoms with van der Waals surface area (Å²) in [5.41, 5.74) is 2.82. The Balaban J connectivity index is 1.55. The molecule has 0 radical (unpaired) electrons. The Morgan fingerprint density at radius 2 is 1.93 bits per heavy atom. The van der Waals surface area contributed by atoms with Gasteiger partial charge in [-0.2, -0.15) is 0 Å². The van der Waals surface area contributed by atoms with E-state index in [-0.39, 0.29) is 11.9 Å². The molecule has 2 heterocycles. The number of hydrogen-bond donors (Lipinski definition) is 1. The average Bonchev–Trinajstić information content (AvgIpc) is 2.70. The van der Waals surface area contributed by atoms with Crippen LogP contribution in [0.2, 0.25) is 0 Å². The molecule has 0 unspecified atom stereocenters. The van der Waals surface area contributed by atoms with Crippen LogP contribution >= 0.6 is 11.8 Å². The summed E-state index contributed by atoms with van der Waals surface area (Å²) in [6.45, 7) is 2.65. The van der Waals surface area contributed by atoms with Crippen molar-refractivity contribution in [3.8, 4) is 5.75 Å². The number of ether oxygens (including phenoxy) is 1. The predicted molar refractivity (Wildman–Crippen MR) is 106 cm³/mol. The number of fused-ring (bicyclic) bond motifs is 1. The number of aryl methyl sites for hydroxylation is 1. The Morgan fingerprint density at radius 1 is 1.11 bits per heavy atom. The highest BCUT2D eigenvalue weighted by atomic mass is 32.2. The van der Waals surface area contributed by atoms with Gasteiger partial charge in [-0.05, 0) is 37.3 Å². The van der Waals surface area contributed by atoms with Crippen molar-refractivity contribution in [2.45, 2.75) is 29.3 Å². The van der Waals surface area contributed by atoms with Crippen LogP contribution in [0.4, 0.5) is 0 Å². The van der Waals surface area contributed by atoms with E-state index < -0.39 is 0 Å². The quantitative estimate of drug-likeness (QED) is 0.711. The first-order chi connectivity index (χ1) is 13.2. The fourth-order valence-corrected chi connectivity index (χ4v) is 3.97. The number of rotatable bonds is 4. The van der Waals surface area contributed by atoms with Crippen LogP contribution in [-0.2, 0) is 0 Å². The van der Waals surface area contributed by atoms with E-state index in [1.54, 1.807) is 12.3 Å². The van der Waals surface area contributed by atoms with Gasteiger partial charge in [-0.25, -0.2) is 4.98 Å². The first-order valence-corrected chi connectivity index (χ1v) is 9.74. The van der Waals surface area contributed by atoms with Crippen LogP contribution in [0.5, 0.6) is 5.75 Å². The number of hydrogen-bond acceptors (Lipinski definition) is 4. The molecule has 0 saturated carbocycles. The minimum Gasteiger partial charge on any atom is -0.493 e. The van der Waals surface area contributed by atoms with Gasteiger partial charge < -0.3 is 10.1 Å². The molecular weight excluding hydrogens is 356 g/mol. The van der Waals surface area contributed by atoms with Crippen molar-refractivity contribution in [3.63, 3.8) is 0 Å². The molecule has 3 aromatic rings. The van der Waals surface area contributed by atoms with Gasteiger partial charge in [0.2, 0.25) is 0 Å². The summed E-state index contributed by atoms with van der Waals surface area (Å²) in [5, 5.41) is 3.86. The largest absolute Gasteiger partial charge is 0.493 e. The van der Waals surface area contributed by atoms with Crippen molar-refractivity contribution >= 4 is 17.7 Å². The van der Waals surface area contributed by atoms with Gasteiger partial charge in [-0.3, -0.25) is 4.79 Å². The molecule has 0 bridgehead atoms. The fourth-order valence-electron chi connectivity index (χ4n) is 3.09. The predicted octanol–water partition coefficient (Wildman–Crippen LogP) is 4.79. The van der Waals surface area contributed by atoms with Crippen LogP contribution in [0.15, 0.2) is 76.8 Å². The second kappa shape index (κ2) is 7.84. The van der Waals surface area contributed by atoms with Gasteiger partial charge in [0.05, 0.1) is 18.2 Å². The molecule has 0 fully saturated rings. The molecule has 2 aromatic carbocycles. The Bertz CT molecular complexity index is 957. The van der Waals surface area contributed by atoms with E-state index in [2.05, 4.69) is 29.4 Å². The van der Waals surface area contributed by atoms with E-state index in [1.165, 1.54) is 17.3 Å². The number of carbonyl (C=O) groups is 1. The zero-order valence-electron chi connectivity index (χ0n) is 15.0. The monoisotopic (exact) mass is 376 g/mol. The third-order valence-corrected chi connectivity index (χ3v) is 5.54. The van der Waals surface area contributed by atoms with Crippen LogP contribution in [0.3, 0.4) is 0 Å². The summed E-state index contributed by atoms with van der Waals surface area (Å²) in [6.07, 6.45) is 2.47. The highest BCUT2D eigenvalue weighted by Crippen LogP contribution is 2.33. The maximum atomic E-state index is 13.0. The molecule has 0 saturated heterocycles. The minimum absolute atomic E-state index is 0.0557. The third-order valence-electron chi connectivity index (χ3n) is 4.52. The summed E-state index contributed by atoms with van der Waals surface area (Å²) in [7, 11) is 0. The minimum atomic E-state index is -0.112. The lowest BCUT2D eigenvalue weighted by atomic mass is 10.0. The summed E-state index contributed by atoms with van der Waals surface area (Å²) in [6, 6.07) is 19.6. The SMILES string of the molecule is Cc1ccc(Sc2ncccc2C(=O)N[C@@H]2CCOc3ccccc32)cc1. The lowest BCUT2D eigenvalue weighted by molar-refractivity contribution is 0.0921. The maximum absolute atomic E-state index is 13.0. The molecule has 0 aliphatic carbocycles. The topological polar surface area (TPSA) is 51.2 Å². The molecular formula is C22H20N2O2S. The highest BCUT2D eigenvalue weighted by molar-refractivity contribution is 7.99. The number of para-hydroxylation sites is 1. The first kappa shape index (κ1) is 17.6. The lowest BCUT2D eigenvalue weighted by Crippen LogP contribution is -2.32. The number of carbonyl (C=O) groups excluding carboxylic acids is 1. The third kappa shape index (κ3) is 3.98. The van der Waals surface area contributed by atoms with Crippen LogP contribution < -0.4 is 10.1 Å². The van der Waals surface area contributed by atoms with Gasteiger partial charge >= 0.3 is 0 Å². The van der Waals surface area contributed by atoms with E-state index in [0.717, 1.165) is 22.6 Å². The van der Waals surface area contributed by atoms with Gasteiger partial charge in [0, 0.05) is 23.1 Å². The van der Waals surface area contributed by atoms with E-state index in [0.29, 0.717) is 17.2 Å². The maximum Gasteiger partial charge on any atom is 0.254 e. The summed E-state index contributed by atoms with van der Waals surface area (Å²) in [4.78, 5) is 18.5. The molecule has 1 amide bonds. The van der Waals surface area contributed by atoms with Crippen LogP contribution in [-0.4, -0.2) is 17.5 Å².